The molecule has 0 fully saturated rings. The van der Waals surface area contributed by atoms with Crippen molar-refractivity contribution in [1.29, 1.82) is 5.26 Å². The number of nitriles is 1. The van der Waals surface area contributed by atoms with Crippen LogP contribution in [0.2, 0.25) is 0 Å². The normalized spacial score (nSPS) is 19.8. The molecule has 0 saturated carbocycles. The number of nitrogens with zero attached hydrogens (tertiary/aromatic N) is 5. The highest BCUT2D eigenvalue weighted by atomic mass is 15.8. The molecule has 1 aromatic carbocycles. The summed E-state index contributed by atoms with van der Waals surface area (Å²) in [5.74, 6) is 0. The Kier molecular flexibility index (Phi) is 3.28. The Balaban J connectivity index is 2.09. The van der Waals surface area contributed by atoms with Crippen molar-refractivity contribution < 1.29 is 0 Å². The van der Waals surface area contributed by atoms with E-state index in [4.69, 9.17) is 5.26 Å². The molecule has 0 radical (unpaired) electrons. The van der Waals surface area contributed by atoms with E-state index in [1.807, 2.05) is 36.4 Å². The fourth-order valence-electron chi connectivity index (χ4n) is 1.30. The topological polar surface area (TPSA) is 88.2 Å². The van der Waals surface area contributed by atoms with Crippen molar-refractivity contribution in [2.75, 3.05) is 12.5 Å². The molecule has 0 amide bonds. The molecule has 0 spiro atoms. The number of rotatable bonds is 3. The van der Waals surface area contributed by atoms with Gasteiger partial charge in [0.15, 0.2) is 11.9 Å². The van der Waals surface area contributed by atoms with Crippen molar-refractivity contribution >= 4 is 11.4 Å². The summed E-state index contributed by atoms with van der Waals surface area (Å²) in [5.41, 5.74) is 6.47. The lowest BCUT2D eigenvalue weighted by atomic mass is 10.3. The predicted octanol–water partition coefficient (Wildman–Crippen LogP) is 1.12. The summed E-state index contributed by atoms with van der Waals surface area (Å²) in [6.07, 6.45) is -0.490. The van der Waals surface area contributed by atoms with E-state index in [-0.39, 0.29) is 5.71 Å². The number of hydrogen-bond donors (Lipinski definition) is 2. The number of hydrogen-bond acceptors (Lipinski definition) is 7. The van der Waals surface area contributed by atoms with E-state index in [0.29, 0.717) is 0 Å². The number of hydrazone groups is 1. The molecule has 1 atom stereocenters. The van der Waals surface area contributed by atoms with Gasteiger partial charge in [0.05, 0.1) is 5.69 Å². The predicted molar refractivity (Wildman–Crippen MR) is 62.7 cm³/mol. The first-order valence-electron chi connectivity index (χ1n) is 4.98. The Labute approximate surface area is 98.4 Å². The van der Waals surface area contributed by atoms with Crippen LogP contribution in [0.15, 0.2) is 45.8 Å². The summed E-state index contributed by atoms with van der Waals surface area (Å²) < 4.78 is 0. The maximum atomic E-state index is 9.01. The summed E-state index contributed by atoms with van der Waals surface area (Å²) in [6, 6.07) is 11.4. The Morgan fingerprint density at radius 2 is 2.29 bits per heavy atom. The molecule has 2 N–H and O–H groups in total. The van der Waals surface area contributed by atoms with E-state index >= 15 is 0 Å². The van der Waals surface area contributed by atoms with Crippen molar-refractivity contribution in [3.63, 3.8) is 0 Å². The lowest BCUT2D eigenvalue weighted by molar-refractivity contribution is 0.264. The van der Waals surface area contributed by atoms with Crippen LogP contribution < -0.4 is 11.0 Å². The monoisotopic (exact) mass is 229 g/mol. The van der Waals surface area contributed by atoms with E-state index in [1.165, 1.54) is 0 Å². The molecule has 1 heterocycles. The van der Waals surface area contributed by atoms with Gasteiger partial charge in [-0.3, -0.25) is 5.43 Å². The number of nitrogens with one attached hydrogen (secondary N) is 2. The highest BCUT2D eigenvalue weighted by Gasteiger charge is 2.24. The van der Waals surface area contributed by atoms with Crippen LogP contribution >= 0.6 is 0 Å². The summed E-state index contributed by atoms with van der Waals surface area (Å²) in [7, 11) is 1.74. The molecule has 7 heteroatoms. The Morgan fingerprint density at radius 1 is 1.53 bits per heavy atom. The first kappa shape index (κ1) is 11.0. The molecule has 1 aliphatic rings. The molecule has 7 nitrogen and oxygen atoms in total. The van der Waals surface area contributed by atoms with Crippen LogP contribution in [0, 0.1) is 11.3 Å². The zero-order valence-electron chi connectivity index (χ0n) is 9.20. The smallest absolute Gasteiger partial charge is 0.197 e. The van der Waals surface area contributed by atoms with Gasteiger partial charge in [0.2, 0.25) is 0 Å². The van der Waals surface area contributed by atoms with E-state index in [1.54, 1.807) is 12.1 Å². The standard InChI is InChI=1S/C10H11N7/c1-17-10(14-15-16-17)9(7-11)13-12-8-5-3-2-4-6-8/h2-6,10,12H,1H3,(H,14,16). The first-order chi connectivity index (χ1) is 8.31. The van der Waals surface area contributed by atoms with Crippen LogP contribution in [0.4, 0.5) is 5.69 Å². The first-order valence-corrected chi connectivity index (χ1v) is 4.98. The van der Waals surface area contributed by atoms with Crippen LogP contribution in [-0.4, -0.2) is 23.9 Å². The largest absolute Gasteiger partial charge is 0.277 e. The Morgan fingerprint density at radius 3 is 2.88 bits per heavy atom. The van der Waals surface area contributed by atoms with Gasteiger partial charge in [-0.1, -0.05) is 23.4 Å². The van der Waals surface area contributed by atoms with Crippen molar-refractivity contribution in [2.24, 2.45) is 15.4 Å². The van der Waals surface area contributed by atoms with Crippen LogP contribution in [0.3, 0.4) is 0 Å². The molecular weight excluding hydrogens is 218 g/mol. The molecule has 0 aliphatic carbocycles. The van der Waals surface area contributed by atoms with Gasteiger partial charge in [-0.05, 0) is 12.1 Å². The number of anilines is 1. The average Bonchev–Trinajstić information content (AvgIpc) is 2.78. The fourth-order valence-corrected chi connectivity index (χ4v) is 1.30. The number of hydrazine groups is 1. The second-order valence-corrected chi connectivity index (χ2v) is 3.39. The van der Waals surface area contributed by atoms with E-state index in [9.17, 15) is 0 Å². The minimum absolute atomic E-state index is 0.241. The van der Waals surface area contributed by atoms with Gasteiger partial charge in [0, 0.05) is 7.05 Å². The summed E-state index contributed by atoms with van der Waals surface area (Å²) in [4.78, 5) is 0. The number of para-hydroxylation sites is 1. The number of benzene rings is 1. The van der Waals surface area contributed by atoms with Crippen molar-refractivity contribution in [3.8, 4) is 6.07 Å². The molecule has 17 heavy (non-hydrogen) atoms. The third kappa shape index (κ3) is 2.56. The van der Waals surface area contributed by atoms with Gasteiger partial charge < -0.3 is 0 Å². The van der Waals surface area contributed by atoms with Crippen molar-refractivity contribution in [3.05, 3.63) is 30.3 Å². The third-order valence-electron chi connectivity index (χ3n) is 2.17. The third-order valence-corrected chi connectivity index (χ3v) is 2.17. The lowest BCUT2D eigenvalue weighted by Gasteiger charge is -2.12. The van der Waals surface area contributed by atoms with Gasteiger partial charge >= 0.3 is 0 Å². The molecule has 0 saturated heterocycles. The van der Waals surface area contributed by atoms with Gasteiger partial charge in [0.25, 0.3) is 0 Å². The second kappa shape index (κ2) is 5.05. The molecule has 0 aromatic heterocycles. The highest BCUT2D eigenvalue weighted by molar-refractivity contribution is 6.02. The van der Waals surface area contributed by atoms with Crippen LogP contribution in [-0.2, 0) is 0 Å². The average molecular weight is 229 g/mol. The lowest BCUT2D eigenvalue weighted by Crippen LogP contribution is -2.38. The maximum absolute atomic E-state index is 9.01. The van der Waals surface area contributed by atoms with Crippen LogP contribution in [0.5, 0.6) is 0 Å². The molecule has 1 unspecified atom stereocenters. The summed E-state index contributed by atoms with van der Waals surface area (Å²) >= 11 is 0. The zero-order chi connectivity index (χ0) is 12.1. The molecule has 86 valence electrons. The van der Waals surface area contributed by atoms with Gasteiger partial charge in [-0.15, -0.1) is 5.11 Å². The summed E-state index contributed by atoms with van der Waals surface area (Å²) in [5, 5.41) is 22.1. The van der Waals surface area contributed by atoms with Crippen LogP contribution in [0.1, 0.15) is 0 Å². The Hall–Kier alpha value is -2.46. The van der Waals surface area contributed by atoms with Crippen molar-refractivity contribution in [2.45, 2.75) is 6.17 Å². The SMILES string of the molecule is CN1NN=NC1C(C#N)=NNc1ccccc1. The fraction of sp³-hybridized carbons (Fsp3) is 0.200. The van der Waals surface area contributed by atoms with Crippen LogP contribution in [0.25, 0.3) is 0 Å². The molecule has 1 aromatic rings. The quantitative estimate of drug-likeness (QED) is 0.600. The molecular formula is C10H11N7. The van der Waals surface area contributed by atoms with E-state index in [0.717, 1.165) is 5.69 Å². The van der Waals surface area contributed by atoms with Gasteiger partial charge in [0.1, 0.15) is 6.07 Å². The zero-order valence-corrected chi connectivity index (χ0v) is 9.20. The Bertz CT molecular complexity index is 473. The second-order valence-electron chi connectivity index (χ2n) is 3.39. The minimum atomic E-state index is -0.490. The van der Waals surface area contributed by atoms with E-state index in [2.05, 4.69) is 26.4 Å². The highest BCUT2D eigenvalue weighted by Crippen LogP contribution is 2.08. The minimum Gasteiger partial charge on any atom is -0.277 e. The molecule has 0 bridgehead atoms. The van der Waals surface area contributed by atoms with E-state index < -0.39 is 6.17 Å². The molecule has 2 rings (SSSR count). The van der Waals surface area contributed by atoms with Gasteiger partial charge in [-0.25, -0.2) is 5.53 Å². The molecule has 1 aliphatic heterocycles. The summed E-state index contributed by atoms with van der Waals surface area (Å²) in [6.45, 7) is 0. The maximum Gasteiger partial charge on any atom is 0.197 e. The van der Waals surface area contributed by atoms with Gasteiger partial charge in [-0.2, -0.15) is 15.4 Å². The van der Waals surface area contributed by atoms with Crippen molar-refractivity contribution in [1.82, 2.24) is 10.5 Å².